The molecule has 4 nitrogen and oxygen atoms in total. The molecule has 2 aromatic rings. The second-order valence-electron chi connectivity index (χ2n) is 4.09. The average molecular weight is 386 g/mol. The third kappa shape index (κ3) is 5.11. The van der Waals surface area contributed by atoms with Crippen molar-refractivity contribution in [3.63, 3.8) is 0 Å². The van der Waals surface area contributed by atoms with Crippen LogP contribution in [0, 0.1) is 0 Å². The van der Waals surface area contributed by atoms with E-state index in [9.17, 15) is 9.59 Å². The summed E-state index contributed by atoms with van der Waals surface area (Å²) in [6, 6.07) is 7.45. The maximum atomic E-state index is 11.9. The van der Waals surface area contributed by atoms with E-state index in [1.165, 1.54) is 22.3 Å². The van der Waals surface area contributed by atoms with Gasteiger partial charge in [0.1, 0.15) is 0 Å². The summed E-state index contributed by atoms with van der Waals surface area (Å²) < 4.78 is 1.08. The van der Waals surface area contributed by atoms with Crippen LogP contribution >= 0.6 is 38.6 Å². The zero-order valence-electron chi connectivity index (χ0n) is 10.8. The highest BCUT2D eigenvalue weighted by molar-refractivity contribution is 9.11. The Hall–Kier alpha value is -1.44. The molecule has 21 heavy (non-hydrogen) atoms. The third-order valence-electron chi connectivity index (χ3n) is 2.53. The van der Waals surface area contributed by atoms with Crippen LogP contribution in [-0.4, -0.2) is 23.5 Å². The molecule has 2 aromatic heterocycles. The summed E-state index contributed by atoms with van der Waals surface area (Å²) in [6.45, 7) is 0.573. The van der Waals surface area contributed by atoms with Crippen molar-refractivity contribution in [3.05, 3.63) is 48.8 Å². The molecule has 0 aromatic carbocycles. The molecule has 7 heteroatoms. The predicted octanol–water partition coefficient (Wildman–Crippen LogP) is 3.64. The van der Waals surface area contributed by atoms with Gasteiger partial charge in [0, 0.05) is 22.4 Å². The summed E-state index contributed by atoms with van der Waals surface area (Å²) in [6.07, 6.45) is 3.33. The van der Waals surface area contributed by atoms with Gasteiger partial charge in [-0.2, -0.15) is 0 Å². The standard InChI is InChI=1S/C14H12BrNO3S2/c15-12-5-2-10(21-12)7-8-16-14(19)11-4-1-9(20-11)3-6-13(17)18/h1-6H,7-8H2,(H,16,19)(H,17,18)/b6-3+. The van der Waals surface area contributed by atoms with Gasteiger partial charge in [-0.1, -0.05) is 0 Å². The highest BCUT2D eigenvalue weighted by Gasteiger charge is 2.08. The maximum Gasteiger partial charge on any atom is 0.328 e. The van der Waals surface area contributed by atoms with Crippen molar-refractivity contribution in [2.45, 2.75) is 6.42 Å². The van der Waals surface area contributed by atoms with E-state index in [0.29, 0.717) is 11.4 Å². The Bertz CT molecular complexity index is 675. The van der Waals surface area contributed by atoms with Crippen molar-refractivity contribution in [1.82, 2.24) is 5.32 Å². The van der Waals surface area contributed by atoms with Crippen LogP contribution < -0.4 is 5.32 Å². The Morgan fingerprint density at radius 1 is 1.24 bits per heavy atom. The fourth-order valence-corrected chi connectivity index (χ4v) is 3.90. The van der Waals surface area contributed by atoms with E-state index in [4.69, 9.17) is 5.11 Å². The third-order valence-corrected chi connectivity index (χ3v) is 5.26. The lowest BCUT2D eigenvalue weighted by Crippen LogP contribution is -2.24. The van der Waals surface area contributed by atoms with Gasteiger partial charge in [0.05, 0.1) is 8.66 Å². The second-order valence-corrected chi connectivity index (χ2v) is 7.75. The minimum Gasteiger partial charge on any atom is -0.478 e. The van der Waals surface area contributed by atoms with Crippen molar-refractivity contribution in [1.29, 1.82) is 0 Å². The van der Waals surface area contributed by atoms with E-state index in [1.807, 2.05) is 12.1 Å². The second kappa shape index (κ2) is 7.53. The number of carboxylic acids is 1. The van der Waals surface area contributed by atoms with Gasteiger partial charge in [-0.25, -0.2) is 4.79 Å². The number of halogens is 1. The van der Waals surface area contributed by atoms with Gasteiger partial charge in [0.25, 0.3) is 5.91 Å². The van der Waals surface area contributed by atoms with E-state index in [-0.39, 0.29) is 5.91 Å². The molecule has 1 amide bonds. The minimum absolute atomic E-state index is 0.134. The lowest BCUT2D eigenvalue weighted by atomic mass is 10.3. The number of rotatable bonds is 6. The van der Waals surface area contributed by atoms with E-state index >= 15 is 0 Å². The van der Waals surface area contributed by atoms with Crippen molar-refractivity contribution < 1.29 is 14.7 Å². The van der Waals surface area contributed by atoms with Crippen LogP contribution in [0.25, 0.3) is 6.08 Å². The normalized spacial score (nSPS) is 10.9. The van der Waals surface area contributed by atoms with Crippen LogP contribution in [0.1, 0.15) is 19.4 Å². The fourth-order valence-electron chi connectivity index (χ4n) is 1.59. The van der Waals surface area contributed by atoms with E-state index in [0.717, 1.165) is 21.2 Å². The number of carboxylic acid groups (broad SMARTS) is 1. The first-order chi connectivity index (χ1) is 10.0. The first-order valence-electron chi connectivity index (χ1n) is 6.08. The van der Waals surface area contributed by atoms with Crippen LogP contribution in [0.15, 0.2) is 34.1 Å². The highest BCUT2D eigenvalue weighted by atomic mass is 79.9. The summed E-state index contributed by atoms with van der Waals surface area (Å²) in [5.41, 5.74) is 0. The summed E-state index contributed by atoms with van der Waals surface area (Å²) in [5.74, 6) is -1.14. The molecule has 110 valence electrons. The molecule has 0 saturated carbocycles. The quantitative estimate of drug-likeness (QED) is 0.745. The predicted molar refractivity (Wildman–Crippen MR) is 89.0 cm³/mol. The first-order valence-corrected chi connectivity index (χ1v) is 8.50. The Morgan fingerprint density at radius 3 is 2.71 bits per heavy atom. The molecular formula is C14H12BrNO3S2. The highest BCUT2D eigenvalue weighted by Crippen LogP contribution is 2.22. The molecule has 0 aliphatic carbocycles. The number of hydrogen-bond donors (Lipinski definition) is 2. The average Bonchev–Trinajstić information content (AvgIpc) is 3.05. The zero-order valence-corrected chi connectivity index (χ0v) is 14.1. The van der Waals surface area contributed by atoms with Crippen molar-refractivity contribution in [2.75, 3.05) is 6.54 Å². The monoisotopic (exact) mass is 385 g/mol. The molecular weight excluding hydrogens is 374 g/mol. The molecule has 2 rings (SSSR count). The topological polar surface area (TPSA) is 66.4 Å². The van der Waals surface area contributed by atoms with Gasteiger partial charge in [0.2, 0.25) is 0 Å². The molecule has 0 unspecified atom stereocenters. The van der Waals surface area contributed by atoms with Crippen molar-refractivity contribution in [3.8, 4) is 0 Å². The molecule has 0 bridgehead atoms. The Kier molecular flexibility index (Phi) is 5.72. The number of carbonyl (C=O) groups excluding carboxylic acids is 1. The smallest absolute Gasteiger partial charge is 0.328 e. The van der Waals surface area contributed by atoms with Crippen molar-refractivity contribution in [2.24, 2.45) is 0 Å². The van der Waals surface area contributed by atoms with E-state index < -0.39 is 5.97 Å². The summed E-state index contributed by atoms with van der Waals surface area (Å²) in [7, 11) is 0. The van der Waals surface area contributed by atoms with Crippen LogP contribution in [0.2, 0.25) is 0 Å². The van der Waals surface area contributed by atoms with Gasteiger partial charge in [0.15, 0.2) is 0 Å². The first kappa shape index (κ1) is 15.9. The molecule has 0 fully saturated rings. The van der Waals surface area contributed by atoms with E-state index in [1.54, 1.807) is 23.5 Å². The number of thiophene rings is 2. The van der Waals surface area contributed by atoms with Crippen LogP contribution in [0.5, 0.6) is 0 Å². The largest absolute Gasteiger partial charge is 0.478 e. The molecule has 0 atom stereocenters. The molecule has 2 N–H and O–H groups in total. The lowest BCUT2D eigenvalue weighted by molar-refractivity contribution is -0.131. The molecule has 0 aliphatic heterocycles. The van der Waals surface area contributed by atoms with Crippen molar-refractivity contribution >= 4 is 56.6 Å². The zero-order chi connectivity index (χ0) is 15.2. The van der Waals surface area contributed by atoms with Gasteiger partial charge >= 0.3 is 5.97 Å². The number of aliphatic carboxylic acids is 1. The van der Waals surface area contributed by atoms with Crippen LogP contribution in [0.4, 0.5) is 0 Å². The molecule has 0 radical (unpaired) electrons. The van der Waals surface area contributed by atoms with Crippen LogP contribution in [-0.2, 0) is 11.2 Å². The SMILES string of the molecule is O=C(O)/C=C/c1ccc(C(=O)NCCc2ccc(Br)s2)s1. The molecule has 0 aliphatic rings. The fraction of sp³-hybridized carbons (Fsp3) is 0.143. The number of carbonyl (C=O) groups is 2. The molecule has 0 saturated heterocycles. The Morgan fingerprint density at radius 2 is 2.05 bits per heavy atom. The number of nitrogens with one attached hydrogen (secondary N) is 1. The molecule has 2 heterocycles. The summed E-state index contributed by atoms with van der Waals surface area (Å²) in [4.78, 5) is 24.9. The van der Waals surface area contributed by atoms with Gasteiger partial charge in [-0.15, -0.1) is 22.7 Å². The van der Waals surface area contributed by atoms with Gasteiger partial charge in [-0.05, 0) is 52.7 Å². The summed E-state index contributed by atoms with van der Waals surface area (Å²) in [5, 5.41) is 11.4. The van der Waals surface area contributed by atoms with Crippen LogP contribution in [0.3, 0.4) is 0 Å². The maximum absolute atomic E-state index is 11.9. The van der Waals surface area contributed by atoms with E-state index in [2.05, 4.69) is 21.2 Å². The minimum atomic E-state index is -1.00. The Balaban J connectivity index is 1.84. The molecule has 0 spiro atoms. The van der Waals surface area contributed by atoms with Gasteiger partial charge in [-0.3, -0.25) is 4.79 Å². The number of hydrogen-bond acceptors (Lipinski definition) is 4. The lowest BCUT2D eigenvalue weighted by Gasteiger charge is -2.01. The number of amides is 1. The summed E-state index contributed by atoms with van der Waals surface area (Å²) >= 11 is 6.32. The van der Waals surface area contributed by atoms with Gasteiger partial charge < -0.3 is 10.4 Å². The Labute approximate surface area is 138 Å².